The predicted molar refractivity (Wildman–Crippen MR) is 121 cm³/mol. The average molecular weight is 495 g/mol. The number of alkyl halides is 3. The first kappa shape index (κ1) is 24.1. The van der Waals surface area contributed by atoms with Crippen molar-refractivity contribution in [2.24, 2.45) is 0 Å². The summed E-state index contributed by atoms with van der Waals surface area (Å²) in [6.45, 7) is 0. The molecule has 0 aliphatic heterocycles. The van der Waals surface area contributed by atoms with Gasteiger partial charge in [0.2, 0.25) is 4.21 Å². The maximum atomic E-state index is 10.7. The van der Waals surface area contributed by atoms with Gasteiger partial charge in [-0.05, 0) is 35.4 Å². The van der Waals surface area contributed by atoms with Crippen LogP contribution in [0.25, 0.3) is 11.1 Å². The van der Waals surface area contributed by atoms with E-state index >= 15 is 0 Å². The summed E-state index contributed by atoms with van der Waals surface area (Å²) in [5.41, 5.74) is -3.06. The Morgan fingerprint density at radius 2 is 1.12 bits per heavy atom. The Kier molecular flexibility index (Phi) is 7.78. The number of benzene rings is 3. The van der Waals surface area contributed by atoms with Gasteiger partial charge in [0.05, 0.1) is 0 Å². The van der Waals surface area contributed by atoms with Gasteiger partial charge in [-0.25, -0.2) is 8.42 Å². The predicted octanol–water partition coefficient (Wildman–Crippen LogP) is 6.56. The number of hydrogen-bond donors (Lipinski definition) is 0. The number of halogens is 3. The Morgan fingerprint density at radius 3 is 1.53 bits per heavy atom. The maximum absolute atomic E-state index is 10.7. The molecule has 0 N–H and O–H groups in total. The second-order valence-corrected chi connectivity index (χ2v) is 10.9. The van der Waals surface area contributed by atoms with Crippen LogP contribution < -0.4 is 0 Å². The van der Waals surface area contributed by atoms with E-state index in [9.17, 15) is 13.2 Å². The summed E-state index contributed by atoms with van der Waals surface area (Å²) in [6.07, 6.45) is 0. The SMILES string of the molecule is O=S(=O)([O-])C(F)(F)F.c1ccc(-c2csc([S+](c3ccccc3)c3ccccc3)c2)cc1. The molecule has 1 heterocycles. The van der Waals surface area contributed by atoms with Crippen LogP contribution in [-0.4, -0.2) is 18.5 Å². The molecule has 3 aromatic carbocycles. The Bertz CT molecular complexity index is 1190. The Labute approximate surface area is 191 Å². The summed E-state index contributed by atoms with van der Waals surface area (Å²) in [5, 5.41) is 2.27. The van der Waals surface area contributed by atoms with E-state index in [1.807, 2.05) is 11.3 Å². The van der Waals surface area contributed by atoms with E-state index in [2.05, 4.69) is 102 Å². The van der Waals surface area contributed by atoms with Crippen molar-refractivity contribution in [3.8, 4) is 11.1 Å². The standard InChI is InChI=1S/C22H17S2.CHF3O3S/c1-4-10-18(11-5-1)19-16-22(23-17-19)24(20-12-6-2-7-13-20)21-14-8-3-9-15-21;2-1(3,4)8(5,6)7/h1-17H;(H,5,6,7)/q+1;/p-1. The molecule has 0 saturated heterocycles. The molecule has 3 nitrogen and oxygen atoms in total. The molecule has 32 heavy (non-hydrogen) atoms. The Morgan fingerprint density at radius 1 is 0.719 bits per heavy atom. The summed E-state index contributed by atoms with van der Waals surface area (Å²) in [7, 11) is -6.14. The van der Waals surface area contributed by atoms with Crippen molar-refractivity contribution in [2.75, 3.05) is 0 Å². The van der Waals surface area contributed by atoms with Crippen molar-refractivity contribution in [2.45, 2.75) is 19.5 Å². The van der Waals surface area contributed by atoms with Crippen LogP contribution in [-0.2, 0) is 21.0 Å². The van der Waals surface area contributed by atoms with Crippen molar-refractivity contribution in [1.82, 2.24) is 0 Å². The molecule has 0 bridgehead atoms. The third-order valence-corrected chi connectivity index (χ3v) is 8.21. The minimum atomic E-state index is -6.09. The van der Waals surface area contributed by atoms with Gasteiger partial charge in [0.1, 0.15) is 10.9 Å². The minimum Gasteiger partial charge on any atom is -0.741 e. The maximum Gasteiger partial charge on any atom is 0.485 e. The summed E-state index contributed by atoms with van der Waals surface area (Å²) in [4.78, 5) is 2.73. The summed E-state index contributed by atoms with van der Waals surface area (Å²) < 4.78 is 60.3. The van der Waals surface area contributed by atoms with Crippen LogP contribution >= 0.6 is 11.3 Å². The van der Waals surface area contributed by atoms with E-state index in [0.717, 1.165) is 0 Å². The molecular weight excluding hydrogens is 477 g/mol. The molecular formula is C23H17F3O3S3. The fourth-order valence-electron chi connectivity index (χ4n) is 2.69. The fraction of sp³-hybridized carbons (Fsp3) is 0.0435. The van der Waals surface area contributed by atoms with Gasteiger partial charge in [-0.1, -0.05) is 78.1 Å². The van der Waals surface area contributed by atoms with Gasteiger partial charge in [0.25, 0.3) is 0 Å². The van der Waals surface area contributed by atoms with Crippen LogP contribution in [0.3, 0.4) is 0 Å². The lowest BCUT2D eigenvalue weighted by molar-refractivity contribution is -0.0517. The normalized spacial score (nSPS) is 11.7. The first-order valence-electron chi connectivity index (χ1n) is 9.17. The van der Waals surface area contributed by atoms with E-state index in [1.54, 1.807) is 0 Å². The van der Waals surface area contributed by atoms with Crippen molar-refractivity contribution < 1.29 is 26.1 Å². The lowest BCUT2D eigenvalue weighted by Gasteiger charge is -2.08. The van der Waals surface area contributed by atoms with Gasteiger partial charge in [0.15, 0.2) is 19.9 Å². The molecule has 0 atom stereocenters. The Balaban J connectivity index is 0.000000312. The highest BCUT2D eigenvalue weighted by Gasteiger charge is 2.37. The van der Waals surface area contributed by atoms with Crippen molar-refractivity contribution in [3.63, 3.8) is 0 Å². The third-order valence-electron chi connectivity index (χ3n) is 4.12. The largest absolute Gasteiger partial charge is 0.741 e. The summed E-state index contributed by atoms with van der Waals surface area (Å²) >= 11 is 1.85. The molecule has 1 aromatic heterocycles. The number of thiophene rings is 1. The molecule has 0 unspecified atom stereocenters. The lowest BCUT2D eigenvalue weighted by Crippen LogP contribution is -2.21. The highest BCUT2D eigenvalue weighted by atomic mass is 32.2. The molecule has 9 heteroatoms. The zero-order valence-corrected chi connectivity index (χ0v) is 18.8. The minimum absolute atomic E-state index is 0.0491. The first-order valence-corrected chi connectivity index (χ1v) is 12.7. The molecule has 0 fully saturated rings. The molecule has 0 aliphatic carbocycles. The highest BCUT2D eigenvalue weighted by molar-refractivity contribution is 7.98. The quantitative estimate of drug-likeness (QED) is 0.183. The van der Waals surface area contributed by atoms with Crippen LogP contribution in [0.15, 0.2) is 116 Å². The van der Waals surface area contributed by atoms with Crippen molar-refractivity contribution >= 4 is 32.3 Å². The van der Waals surface area contributed by atoms with E-state index in [4.69, 9.17) is 13.0 Å². The number of hydrogen-bond acceptors (Lipinski definition) is 4. The zero-order valence-electron chi connectivity index (χ0n) is 16.4. The van der Waals surface area contributed by atoms with Crippen molar-refractivity contribution in [1.29, 1.82) is 0 Å². The van der Waals surface area contributed by atoms with Crippen LogP contribution in [0.5, 0.6) is 0 Å². The average Bonchev–Trinajstić information content (AvgIpc) is 3.25. The van der Waals surface area contributed by atoms with Gasteiger partial charge >= 0.3 is 5.51 Å². The smallest absolute Gasteiger partial charge is 0.485 e. The van der Waals surface area contributed by atoms with Crippen LogP contribution in [0, 0.1) is 0 Å². The molecule has 0 aliphatic rings. The fourth-order valence-corrected chi connectivity index (χ4v) is 6.28. The molecule has 0 saturated carbocycles. The van der Waals surface area contributed by atoms with Crippen molar-refractivity contribution in [3.05, 3.63) is 102 Å². The van der Waals surface area contributed by atoms with Gasteiger partial charge in [0, 0.05) is 11.4 Å². The van der Waals surface area contributed by atoms with E-state index in [0.29, 0.717) is 0 Å². The highest BCUT2D eigenvalue weighted by Crippen LogP contribution is 2.37. The second kappa shape index (κ2) is 10.4. The molecule has 4 rings (SSSR count). The molecule has 0 spiro atoms. The van der Waals surface area contributed by atoms with Gasteiger partial charge in [-0.3, -0.25) is 0 Å². The summed E-state index contributed by atoms with van der Waals surface area (Å²) in [6, 6.07) is 34.6. The van der Waals surface area contributed by atoms with E-state index < -0.39 is 15.6 Å². The first-order chi connectivity index (χ1) is 15.2. The zero-order chi connectivity index (χ0) is 23.2. The summed E-state index contributed by atoms with van der Waals surface area (Å²) in [5.74, 6) is 0. The van der Waals surface area contributed by atoms with Crippen LogP contribution in [0.2, 0.25) is 0 Å². The second-order valence-electron chi connectivity index (χ2n) is 6.35. The molecule has 166 valence electrons. The van der Waals surface area contributed by atoms with Gasteiger partial charge in [-0.2, -0.15) is 13.2 Å². The van der Waals surface area contributed by atoms with Crippen LogP contribution in [0.4, 0.5) is 13.2 Å². The van der Waals surface area contributed by atoms with Gasteiger partial charge < -0.3 is 4.55 Å². The topological polar surface area (TPSA) is 57.2 Å². The molecule has 0 radical (unpaired) electrons. The third kappa shape index (κ3) is 6.23. The van der Waals surface area contributed by atoms with Gasteiger partial charge in [-0.15, -0.1) is 0 Å². The Hall–Kier alpha value is -2.59. The monoisotopic (exact) mass is 494 g/mol. The number of rotatable bonds is 4. The van der Waals surface area contributed by atoms with Crippen LogP contribution in [0.1, 0.15) is 0 Å². The van der Waals surface area contributed by atoms with E-state index in [1.165, 1.54) is 25.1 Å². The molecule has 4 aromatic rings. The van der Waals surface area contributed by atoms with E-state index in [-0.39, 0.29) is 10.9 Å². The lowest BCUT2D eigenvalue weighted by atomic mass is 10.1. The molecule has 0 amide bonds.